The second kappa shape index (κ2) is 6.61. The Kier molecular flexibility index (Phi) is 5.44. The summed E-state index contributed by atoms with van der Waals surface area (Å²) in [5, 5.41) is 9.36. The van der Waals surface area contributed by atoms with Gasteiger partial charge in [-0.25, -0.2) is 0 Å². The minimum absolute atomic E-state index is 0.148. The van der Waals surface area contributed by atoms with Crippen molar-refractivity contribution in [2.75, 3.05) is 34.9 Å². The summed E-state index contributed by atoms with van der Waals surface area (Å²) in [6, 6.07) is 6.03. The Balaban J connectivity index is 3.13. The minimum Gasteiger partial charge on any atom is -0.493 e. The highest BCUT2D eigenvalue weighted by Gasteiger charge is 2.22. The van der Waals surface area contributed by atoms with Crippen LogP contribution in [0.5, 0.6) is 11.5 Å². The van der Waals surface area contributed by atoms with Gasteiger partial charge in [0.1, 0.15) is 0 Å². The molecule has 2 atom stereocenters. The van der Waals surface area contributed by atoms with Crippen LogP contribution in [0.3, 0.4) is 0 Å². The molecule has 0 radical (unpaired) electrons. The Bertz CT molecular complexity index is 379. The van der Waals surface area contributed by atoms with E-state index >= 15 is 0 Å². The summed E-state index contributed by atoms with van der Waals surface area (Å²) < 4.78 is 10.5. The minimum atomic E-state index is 0.148. The smallest absolute Gasteiger partial charge is 0.161 e. The number of ether oxygens (including phenoxy) is 2. The van der Waals surface area contributed by atoms with Crippen LogP contribution in [-0.4, -0.2) is 44.9 Å². The van der Waals surface area contributed by atoms with Crippen LogP contribution < -0.4 is 9.47 Å². The molecule has 0 heterocycles. The van der Waals surface area contributed by atoms with Gasteiger partial charge < -0.3 is 19.5 Å². The van der Waals surface area contributed by atoms with E-state index in [1.165, 1.54) is 0 Å². The molecule has 0 bridgehead atoms. The Hall–Kier alpha value is -1.26. The summed E-state index contributed by atoms with van der Waals surface area (Å²) in [6.07, 6.45) is 0. The third-order valence-electron chi connectivity index (χ3n) is 3.13. The summed E-state index contributed by atoms with van der Waals surface area (Å²) >= 11 is 0. The fourth-order valence-corrected chi connectivity index (χ4v) is 2.27. The van der Waals surface area contributed by atoms with Crippen molar-refractivity contribution < 1.29 is 14.6 Å². The van der Waals surface area contributed by atoms with Gasteiger partial charge in [-0.1, -0.05) is 13.0 Å². The molecule has 0 aliphatic rings. The van der Waals surface area contributed by atoms with E-state index in [2.05, 4.69) is 4.90 Å². The quantitative estimate of drug-likeness (QED) is 0.841. The lowest BCUT2D eigenvalue weighted by Gasteiger charge is -2.30. The van der Waals surface area contributed by atoms with Crippen molar-refractivity contribution in [3.05, 3.63) is 23.8 Å². The molecule has 0 saturated heterocycles. The summed E-state index contributed by atoms with van der Waals surface area (Å²) in [7, 11) is 7.26. The predicted molar refractivity (Wildman–Crippen MR) is 72.2 cm³/mol. The van der Waals surface area contributed by atoms with Gasteiger partial charge in [-0.3, -0.25) is 0 Å². The summed E-state index contributed by atoms with van der Waals surface area (Å²) in [4.78, 5) is 2.10. The summed E-state index contributed by atoms with van der Waals surface area (Å²) in [5.74, 6) is 1.58. The second-order valence-electron chi connectivity index (χ2n) is 4.68. The first-order chi connectivity index (χ1) is 8.54. The maximum atomic E-state index is 9.36. The normalized spacial score (nSPS) is 14.4. The van der Waals surface area contributed by atoms with Crippen LogP contribution in [0.15, 0.2) is 18.2 Å². The first kappa shape index (κ1) is 14.8. The van der Waals surface area contributed by atoms with Gasteiger partial charge in [0.15, 0.2) is 11.5 Å². The fourth-order valence-electron chi connectivity index (χ4n) is 2.27. The number of rotatable bonds is 6. The van der Waals surface area contributed by atoms with E-state index < -0.39 is 0 Å². The summed E-state index contributed by atoms with van der Waals surface area (Å²) in [6.45, 7) is 2.18. The lowest BCUT2D eigenvalue weighted by atomic mass is 9.94. The zero-order valence-corrected chi connectivity index (χ0v) is 11.8. The number of aliphatic hydroxyl groups excluding tert-OH is 1. The molecule has 0 fully saturated rings. The Labute approximate surface area is 109 Å². The standard InChI is InChI=1S/C14H23NO3/c1-10(9-16)14(15(2)3)11-6-7-12(17-4)13(8-11)18-5/h6-8,10,14,16H,9H2,1-5H3. The fraction of sp³-hybridized carbons (Fsp3) is 0.571. The Morgan fingerprint density at radius 3 is 2.22 bits per heavy atom. The van der Waals surface area contributed by atoms with Crippen LogP contribution in [0.2, 0.25) is 0 Å². The zero-order valence-electron chi connectivity index (χ0n) is 11.8. The first-order valence-electron chi connectivity index (χ1n) is 6.04. The highest BCUT2D eigenvalue weighted by molar-refractivity contribution is 5.43. The van der Waals surface area contributed by atoms with Gasteiger partial charge in [0, 0.05) is 12.6 Å². The van der Waals surface area contributed by atoms with Crippen molar-refractivity contribution in [2.24, 2.45) is 5.92 Å². The van der Waals surface area contributed by atoms with Crippen LogP contribution in [-0.2, 0) is 0 Å². The molecule has 1 aromatic carbocycles. The average molecular weight is 253 g/mol. The van der Waals surface area contributed by atoms with E-state index in [4.69, 9.17) is 9.47 Å². The van der Waals surface area contributed by atoms with E-state index in [0.29, 0.717) is 5.75 Å². The molecule has 0 aliphatic heterocycles. The van der Waals surface area contributed by atoms with Crippen LogP contribution in [0.4, 0.5) is 0 Å². The largest absolute Gasteiger partial charge is 0.493 e. The third kappa shape index (κ3) is 3.15. The van der Waals surface area contributed by atoms with Gasteiger partial charge in [0.25, 0.3) is 0 Å². The van der Waals surface area contributed by atoms with Gasteiger partial charge in [-0.15, -0.1) is 0 Å². The molecule has 0 aliphatic carbocycles. The van der Waals surface area contributed by atoms with E-state index in [0.717, 1.165) is 11.3 Å². The lowest BCUT2D eigenvalue weighted by Crippen LogP contribution is -2.27. The highest BCUT2D eigenvalue weighted by Crippen LogP contribution is 2.34. The molecule has 0 amide bonds. The van der Waals surface area contributed by atoms with Crippen LogP contribution in [0, 0.1) is 5.92 Å². The number of methoxy groups -OCH3 is 2. The van der Waals surface area contributed by atoms with Crippen molar-refractivity contribution >= 4 is 0 Å². The SMILES string of the molecule is COc1ccc(C(C(C)CO)N(C)C)cc1OC. The molecule has 4 heteroatoms. The Morgan fingerprint density at radius 2 is 1.78 bits per heavy atom. The van der Waals surface area contributed by atoms with Gasteiger partial charge in [-0.2, -0.15) is 0 Å². The van der Waals surface area contributed by atoms with E-state index in [-0.39, 0.29) is 18.6 Å². The van der Waals surface area contributed by atoms with Crippen molar-refractivity contribution in [1.29, 1.82) is 0 Å². The number of nitrogens with zero attached hydrogens (tertiary/aromatic N) is 1. The molecule has 0 aromatic heterocycles. The first-order valence-corrected chi connectivity index (χ1v) is 6.04. The molecule has 2 unspecified atom stereocenters. The topological polar surface area (TPSA) is 41.9 Å². The van der Waals surface area contributed by atoms with Gasteiger partial charge in [-0.05, 0) is 37.7 Å². The molecule has 1 rings (SSSR count). The molecule has 0 saturated carbocycles. The lowest BCUT2D eigenvalue weighted by molar-refractivity contribution is 0.145. The molecule has 1 N–H and O–H groups in total. The van der Waals surface area contributed by atoms with Crippen molar-refractivity contribution in [3.63, 3.8) is 0 Å². The molecule has 18 heavy (non-hydrogen) atoms. The average Bonchev–Trinajstić information content (AvgIpc) is 2.37. The zero-order chi connectivity index (χ0) is 13.7. The predicted octanol–water partition coefficient (Wildman–Crippen LogP) is 1.93. The molecular weight excluding hydrogens is 230 g/mol. The number of benzene rings is 1. The van der Waals surface area contributed by atoms with Gasteiger partial charge in [0.05, 0.1) is 14.2 Å². The molecule has 0 spiro atoms. The maximum absolute atomic E-state index is 9.36. The van der Waals surface area contributed by atoms with Crippen LogP contribution >= 0.6 is 0 Å². The highest BCUT2D eigenvalue weighted by atomic mass is 16.5. The van der Waals surface area contributed by atoms with Gasteiger partial charge >= 0.3 is 0 Å². The van der Waals surface area contributed by atoms with E-state index in [1.807, 2.05) is 39.2 Å². The summed E-state index contributed by atoms with van der Waals surface area (Å²) in [5.41, 5.74) is 1.11. The van der Waals surface area contributed by atoms with Gasteiger partial charge in [0.2, 0.25) is 0 Å². The number of aliphatic hydroxyl groups is 1. The van der Waals surface area contributed by atoms with Crippen molar-refractivity contribution in [2.45, 2.75) is 13.0 Å². The van der Waals surface area contributed by atoms with E-state index in [9.17, 15) is 5.11 Å². The third-order valence-corrected chi connectivity index (χ3v) is 3.13. The number of hydrogen-bond acceptors (Lipinski definition) is 4. The van der Waals surface area contributed by atoms with Crippen LogP contribution in [0.25, 0.3) is 0 Å². The van der Waals surface area contributed by atoms with Crippen LogP contribution in [0.1, 0.15) is 18.5 Å². The second-order valence-corrected chi connectivity index (χ2v) is 4.68. The Morgan fingerprint density at radius 1 is 1.17 bits per heavy atom. The monoisotopic (exact) mass is 253 g/mol. The molecule has 4 nitrogen and oxygen atoms in total. The maximum Gasteiger partial charge on any atom is 0.161 e. The van der Waals surface area contributed by atoms with E-state index in [1.54, 1.807) is 14.2 Å². The molecule has 1 aromatic rings. The number of hydrogen-bond donors (Lipinski definition) is 1. The molecular formula is C14H23NO3. The molecule has 102 valence electrons. The van der Waals surface area contributed by atoms with Crippen molar-refractivity contribution in [1.82, 2.24) is 4.90 Å². The van der Waals surface area contributed by atoms with Crippen molar-refractivity contribution in [3.8, 4) is 11.5 Å².